The van der Waals surface area contributed by atoms with Crippen LogP contribution >= 0.6 is 0 Å². The summed E-state index contributed by atoms with van der Waals surface area (Å²) >= 11 is 0. The molecule has 2 rings (SSSR count). The van der Waals surface area contributed by atoms with Crippen LogP contribution in [-0.4, -0.2) is 61.8 Å². The van der Waals surface area contributed by atoms with E-state index in [-0.39, 0.29) is 24.1 Å². The van der Waals surface area contributed by atoms with Gasteiger partial charge in [-0.1, -0.05) is 32.6 Å². The summed E-state index contributed by atoms with van der Waals surface area (Å²) in [7, 11) is 0. The van der Waals surface area contributed by atoms with E-state index in [1.807, 2.05) is 6.92 Å². The minimum atomic E-state index is -0.673. The Hall–Kier alpha value is -2.49. The molecule has 29 heavy (non-hydrogen) atoms. The van der Waals surface area contributed by atoms with E-state index in [1.54, 1.807) is 19.9 Å². The Labute approximate surface area is 170 Å². The van der Waals surface area contributed by atoms with Crippen LogP contribution in [0.1, 0.15) is 33.6 Å². The summed E-state index contributed by atoms with van der Waals surface area (Å²) in [6, 6.07) is 0. The third-order valence-corrected chi connectivity index (χ3v) is 3.28. The largest absolute Gasteiger partial charge is 0.460 e. The van der Waals surface area contributed by atoms with Crippen molar-refractivity contribution in [1.82, 2.24) is 0 Å². The molecule has 0 aromatic heterocycles. The summed E-state index contributed by atoms with van der Waals surface area (Å²) < 4.78 is 19.0. The number of epoxide rings is 2. The van der Waals surface area contributed by atoms with Crippen molar-refractivity contribution in [1.29, 1.82) is 0 Å². The van der Waals surface area contributed by atoms with Gasteiger partial charge in [-0.25, -0.2) is 14.4 Å². The SMILES string of the molecule is C=C(C)C(=O)OCC1CO1.C=CC(=O)OCC1CO1.CCCC=C(C)C(=O)OO. The summed E-state index contributed by atoms with van der Waals surface area (Å²) in [4.78, 5) is 35.0. The highest BCUT2D eigenvalue weighted by Gasteiger charge is 2.24. The molecule has 1 N–H and O–H groups in total. The number of ether oxygens (including phenoxy) is 4. The molecule has 2 aliphatic heterocycles. The predicted molar refractivity (Wildman–Crippen MR) is 104 cm³/mol. The normalized spacial score (nSPS) is 18.6. The van der Waals surface area contributed by atoms with E-state index in [4.69, 9.17) is 19.5 Å². The van der Waals surface area contributed by atoms with E-state index in [9.17, 15) is 14.4 Å². The standard InChI is InChI=1S/C7H10O3.C7H12O3.C6H8O3/c1-5(2)7(8)10-4-6-3-9-6;1-3-4-5-6(2)7(8)10-9;1-2-6(7)9-4-5-3-8-5/h6H,1,3-4H2,2H3;5,9H,3-4H2,1-2H3;2,5H,1,3-4H2. The quantitative estimate of drug-likeness (QED) is 0.151. The fraction of sp³-hybridized carbons (Fsp3) is 0.550. The zero-order valence-corrected chi connectivity index (χ0v) is 17.2. The Morgan fingerprint density at radius 3 is 1.97 bits per heavy atom. The molecular weight excluding hydrogens is 384 g/mol. The molecule has 2 aliphatic rings. The second-order valence-corrected chi connectivity index (χ2v) is 6.18. The number of unbranched alkanes of at least 4 members (excludes halogenated alkanes) is 1. The Balaban J connectivity index is 0.000000406. The lowest BCUT2D eigenvalue weighted by Crippen LogP contribution is -2.09. The van der Waals surface area contributed by atoms with Gasteiger partial charge in [0.25, 0.3) is 0 Å². The van der Waals surface area contributed by atoms with Crippen LogP contribution in [0.3, 0.4) is 0 Å². The number of esters is 2. The van der Waals surface area contributed by atoms with E-state index >= 15 is 0 Å². The number of hydrogen-bond donors (Lipinski definition) is 1. The molecule has 0 radical (unpaired) electrons. The van der Waals surface area contributed by atoms with Crippen LogP contribution < -0.4 is 0 Å². The topological polar surface area (TPSA) is 124 Å². The predicted octanol–water partition coefficient (Wildman–Crippen LogP) is 2.37. The molecule has 0 aromatic rings. The highest BCUT2D eigenvalue weighted by atomic mass is 17.1. The van der Waals surface area contributed by atoms with Gasteiger partial charge in [0.15, 0.2) is 0 Å². The average Bonchev–Trinajstić information content (AvgIpc) is 3.63. The lowest BCUT2D eigenvalue weighted by Gasteiger charge is -1.99. The molecule has 0 aliphatic carbocycles. The first kappa shape index (κ1) is 26.5. The van der Waals surface area contributed by atoms with E-state index in [1.165, 1.54) is 0 Å². The number of carbonyl (C=O) groups excluding carboxylic acids is 3. The van der Waals surface area contributed by atoms with Gasteiger partial charge in [0, 0.05) is 17.2 Å². The van der Waals surface area contributed by atoms with Crippen LogP contribution in [0.5, 0.6) is 0 Å². The van der Waals surface area contributed by atoms with Gasteiger partial charge in [-0.05, 0) is 20.3 Å². The van der Waals surface area contributed by atoms with Crippen molar-refractivity contribution in [2.24, 2.45) is 0 Å². The highest BCUT2D eigenvalue weighted by Crippen LogP contribution is 2.09. The first-order valence-electron chi connectivity index (χ1n) is 9.12. The molecule has 0 saturated carbocycles. The van der Waals surface area contributed by atoms with E-state index < -0.39 is 5.97 Å². The number of rotatable bonds is 9. The third kappa shape index (κ3) is 16.2. The highest BCUT2D eigenvalue weighted by molar-refractivity contribution is 5.87. The molecule has 0 aromatic carbocycles. The second kappa shape index (κ2) is 15.4. The fourth-order valence-electron chi connectivity index (χ4n) is 1.37. The van der Waals surface area contributed by atoms with Gasteiger partial charge in [0.1, 0.15) is 25.4 Å². The molecular formula is C20H30O9. The fourth-order valence-corrected chi connectivity index (χ4v) is 1.37. The van der Waals surface area contributed by atoms with Crippen molar-refractivity contribution < 1.29 is 43.5 Å². The van der Waals surface area contributed by atoms with Crippen LogP contribution in [0.4, 0.5) is 0 Å². The molecule has 0 spiro atoms. The maximum Gasteiger partial charge on any atom is 0.368 e. The molecule has 164 valence electrons. The zero-order valence-electron chi connectivity index (χ0n) is 17.2. The van der Waals surface area contributed by atoms with E-state index in [0.717, 1.165) is 18.9 Å². The second-order valence-electron chi connectivity index (χ2n) is 6.18. The van der Waals surface area contributed by atoms with Gasteiger partial charge in [0.05, 0.1) is 13.2 Å². The van der Waals surface area contributed by atoms with Crippen LogP contribution in [0, 0.1) is 0 Å². The van der Waals surface area contributed by atoms with Gasteiger partial charge in [-0.3, -0.25) is 4.89 Å². The van der Waals surface area contributed by atoms with E-state index in [2.05, 4.69) is 22.8 Å². The van der Waals surface area contributed by atoms with Crippen LogP contribution in [0.2, 0.25) is 0 Å². The van der Waals surface area contributed by atoms with Crippen molar-refractivity contribution in [2.45, 2.75) is 45.8 Å². The van der Waals surface area contributed by atoms with Gasteiger partial charge in [-0.2, -0.15) is 5.26 Å². The summed E-state index contributed by atoms with van der Waals surface area (Å²) in [6.07, 6.45) is 4.98. The molecule has 9 nitrogen and oxygen atoms in total. The van der Waals surface area contributed by atoms with Gasteiger partial charge in [0.2, 0.25) is 0 Å². The third-order valence-electron chi connectivity index (χ3n) is 3.28. The lowest BCUT2D eigenvalue weighted by molar-refractivity contribution is -0.229. The monoisotopic (exact) mass is 414 g/mol. The molecule has 2 fully saturated rings. The maximum absolute atomic E-state index is 10.7. The first-order chi connectivity index (χ1) is 13.7. The Morgan fingerprint density at radius 2 is 1.59 bits per heavy atom. The number of hydrogen-bond acceptors (Lipinski definition) is 9. The van der Waals surface area contributed by atoms with Crippen LogP contribution in [0.25, 0.3) is 0 Å². The molecule has 0 bridgehead atoms. The summed E-state index contributed by atoms with van der Waals surface area (Å²) in [6.45, 7) is 14.1. The molecule has 0 amide bonds. The van der Waals surface area contributed by atoms with Crippen molar-refractivity contribution in [3.8, 4) is 0 Å². The molecule has 2 atom stereocenters. The number of carbonyl (C=O) groups is 3. The minimum absolute atomic E-state index is 0.142. The van der Waals surface area contributed by atoms with Crippen LogP contribution in [0.15, 0.2) is 36.5 Å². The van der Waals surface area contributed by atoms with Crippen molar-refractivity contribution in [2.75, 3.05) is 26.4 Å². The Bertz CT molecular complexity index is 587. The molecule has 2 saturated heterocycles. The molecule has 9 heteroatoms. The van der Waals surface area contributed by atoms with Gasteiger partial charge >= 0.3 is 17.9 Å². The summed E-state index contributed by atoms with van der Waals surface area (Å²) in [5.74, 6) is -1.39. The van der Waals surface area contributed by atoms with Gasteiger partial charge in [-0.15, -0.1) is 0 Å². The minimum Gasteiger partial charge on any atom is -0.460 e. The zero-order chi connectivity index (χ0) is 22.2. The first-order valence-corrected chi connectivity index (χ1v) is 9.12. The Morgan fingerprint density at radius 1 is 1.07 bits per heavy atom. The van der Waals surface area contributed by atoms with Gasteiger partial charge < -0.3 is 18.9 Å². The van der Waals surface area contributed by atoms with Crippen molar-refractivity contribution >= 4 is 17.9 Å². The van der Waals surface area contributed by atoms with E-state index in [0.29, 0.717) is 37.6 Å². The Kier molecular flexibility index (Phi) is 14.1. The lowest BCUT2D eigenvalue weighted by atomic mass is 10.2. The number of allylic oxidation sites excluding steroid dienone is 1. The summed E-state index contributed by atoms with van der Waals surface area (Å²) in [5.41, 5.74) is 0.880. The summed E-state index contributed by atoms with van der Waals surface area (Å²) in [5, 5.41) is 7.91. The van der Waals surface area contributed by atoms with Crippen molar-refractivity contribution in [3.63, 3.8) is 0 Å². The maximum atomic E-state index is 10.7. The van der Waals surface area contributed by atoms with Crippen LogP contribution in [-0.2, 0) is 38.2 Å². The molecule has 2 unspecified atom stereocenters. The smallest absolute Gasteiger partial charge is 0.368 e. The van der Waals surface area contributed by atoms with Crippen molar-refractivity contribution in [3.05, 3.63) is 36.5 Å². The molecule has 2 heterocycles. The average molecular weight is 414 g/mol.